The van der Waals surface area contributed by atoms with Crippen LogP contribution in [0.3, 0.4) is 0 Å². The summed E-state index contributed by atoms with van der Waals surface area (Å²) in [5, 5.41) is 2.14. The van der Waals surface area contributed by atoms with Crippen LogP contribution in [0.25, 0.3) is 0 Å². The maximum Gasteiger partial charge on any atom is 0.494 e. The minimum Gasteiger partial charge on any atom is -0.494 e. The number of rotatable bonds is 18. The number of nitrogens with zero attached hydrogens (tertiary/aromatic N) is 1. The van der Waals surface area contributed by atoms with Gasteiger partial charge in [0.1, 0.15) is 11.5 Å². The lowest BCUT2D eigenvalue weighted by atomic mass is 9.79. The Morgan fingerprint density at radius 3 is 1.30 bits per heavy atom. The SMILES string of the molecule is CC1(C)OB(c2ccc(N(c3ccc(OCCCCCCBr)cc3)c3ccc(OCCCCCCBr)cc3)cc2)OC1(C)C. The summed E-state index contributed by atoms with van der Waals surface area (Å²) >= 11 is 7.01. The number of benzene rings is 3. The van der Waals surface area contributed by atoms with Crippen LogP contribution in [0.15, 0.2) is 72.8 Å². The molecule has 0 radical (unpaired) electrons. The van der Waals surface area contributed by atoms with E-state index in [0.717, 1.165) is 70.7 Å². The standard InChI is InChI=1S/C36H48BBr2NO4/c1-35(2)36(3,4)44-37(43-35)29-13-15-30(16-14-29)40(31-17-21-33(22-18-31)41-27-11-7-5-9-25-38)32-19-23-34(24-20-32)42-28-12-8-6-10-26-39/h13-24H,5-12,25-28H2,1-4H3. The molecule has 0 atom stereocenters. The minimum atomic E-state index is -0.394. The van der Waals surface area contributed by atoms with Gasteiger partial charge in [0, 0.05) is 27.7 Å². The fourth-order valence-corrected chi connectivity index (χ4v) is 5.86. The first-order valence-electron chi connectivity index (χ1n) is 16.1. The van der Waals surface area contributed by atoms with Crippen molar-refractivity contribution < 1.29 is 18.8 Å². The van der Waals surface area contributed by atoms with Crippen LogP contribution in [0.1, 0.15) is 79.1 Å². The molecule has 1 fully saturated rings. The van der Waals surface area contributed by atoms with Crippen LogP contribution in [-0.4, -0.2) is 42.2 Å². The van der Waals surface area contributed by atoms with Crippen molar-refractivity contribution in [1.29, 1.82) is 0 Å². The first-order chi connectivity index (χ1) is 21.2. The molecule has 44 heavy (non-hydrogen) atoms. The molecule has 0 aliphatic carbocycles. The summed E-state index contributed by atoms with van der Waals surface area (Å²) in [6.45, 7) is 9.81. The van der Waals surface area contributed by atoms with Crippen molar-refractivity contribution in [1.82, 2.24) is 0 Å². The number of ether oxygens (including phenoxy) is 2. The van der Waals surface area contributed by atoms with Crippen molar-refractivity contribution >= 4 is 61.5 Å². The zero-order valence-electron chi connectivity index (χ0n) is 26.8. The first-order valence-corrected chi connectivity index (χ1v) is 18.3. The van der Waals surface area contributed by atoms with Crippen molar-refractivity contribution in [2.24, 2.45) is 0 Å². The molecule has 1 heterocycles. The van der Waals surface area contributed by atoms with Crippen LogP contribution in [0.5, 0.6) is 11.5 Å². The highest BCUT2D eigenvalue weighted by molar-refractivity contribution is 9.09. The largest absolute Gasteiger partial charge is 0.494 e. The smallest absolute Gasteiger partial charge is 0.494 e. The van der Waals surface area contributed by atoms with E-state index < -0.39 is 7.12 Å². The zero-order chi connectivity index (χ0) is 31.4. The maximum atomic E-state index is 6.30. The summed E-state index contributed by atoms with van der Waals surface area (Å²) < 4.78 is 24.7. The second-order valence-corrected chi connectivity index (χ2v) is 14.0. The highest BCUT2D eigenvalue weighted by Gasteiger charge is 2.51. The number of halogens is 2. The van der Waals surface area contributed by atoms with Crippen LogP contribution >= 0.6 is 31.9 Å². The number of hydrogen-bond donors (Lipinski definition) is 0. The number of alkyl halides is 2. The molecule has 1 saturated heterocycles. The molecule has 8 heteroatoms. The van der Waals surface area contributed by atoms with Gasteiger partial charge in [-0.05, 0) is 120 Å². The third-order valence-electron chi connectivity index (χ3n) is 8.46. The lowest BCUT2D eigenvalue weighted by Crippen LogP contribution is -2.41. The predicted molar refractivity (Wildman–Crippen MR) is 192 cm³/mol. The molecule has 0 N–H and O–H groups in total. The van der Waals surface area contributed by atoms with E-state index in [4.69, 9.17) is 18.8 Å². The quantitative estimate of drug-likeness (QED) is 0.0741. The van der Waals surface area contributed by atoms with Gasteiger partial charge in [-0.3, -0.25) is 0 Å². The minimum absolute atomic E-state index is 0.378. The highest BCUT2D eigenvalue weighted by Crippen LogP contribution is 2.38. The Bertz CT molecular complexity index is 1180. The molecule has 3 aromatic carbocycles. The highest BCUT2D eigenvalue weighted by atomic mass is 79.9. The van der Waals surface area contributed by atoms with Gasteiger partial charge < -0.3 is 23.7 Å². The molecule has 0 spiro atoms. The maximum absolute atomic E-state index is 6.30. The van der Waals surface area contributed by atoms with E-state index in [1.165, 1.54) is 38.5 Å². The Balaban J connectivity index is 1.49. The Kier molecular flexibility index (Phi) is 13.5. The van der Waals surface area contributed by atoms with Crippen LogP contribution in [-0.2, 0) is 9.31 Å². The Hall–Kier alpha value is -2.00. The second-order valence-electron chi connectivity index (χ2n) is 12.4. The molecule has 4 rings (SSSR count). The van der Waals surface area contributed by atoms with Crippen molar-refractivity contribution in [2.75, 3.05) is 28.8 Å². The normalized spacial score (nSPS) is 15.4. The van der Waals surface area contributed by atoms with Gasteiger partial charge in [-0.2, -0.15) is 0 Å². The van der Waals surface area contributed by atoms with Gasteiger partial charge in [0.15, 0.2) is 0 Å². The molecule has 5 nitrogen and oxygen atoms in total. The van der Waals surface area contributed by atoms with Crippen LogP contribution in [0.4, 0.5) is 17.1 Å². The van der Waals surface area contributed by atoms with E-state index in [1.807, 2.05) is 0 Å². The molecule has 3 aromatic rings. The number of hydrogen-bond acceptors (Lipinski definition) is 5. The zero-order valence-corrected chi connectivity index (χ0v) is 30.0. The molecule has 0 amide bonds. The summed E-state index contributed by atoms with van der Waals surface area (Å²) in [4.78, 5) is 2.25. The molecule has 0 aromatic heterocycles. The van der Waals surface area contributed by atoms with E-state index in [1.54, 1.807) is 0 Å². The molecule has 1 aliphatic rings. The molecule has 0 unspecified atom stereocenters. The van der Waals surface area contributed by atoms with Gasteiger partial charge in [-0.15, -0.1) is 0 Å². The Labute approximate surface area is 282 Å². The molecule has 238 valence electrons. The topological polar surface area (TPSA) is 40.2 Å². The van der Waals surface area contributed by atoms with E-state index in [9.17, 15) is 0 Å². The predicted octanol–water partition coefficient (Wildman–Crippen LogP) is 10.1. The Morgan fingerprint density at radius 1 is 0.545 bits per heavy atom. The summed E-state index contributed by atoms with van der Waals surface area (Å²) in [7, 11) is -0.394. The number of anilines is 3. The second kappa shape index (κ2) is 17.1. The summed E-state index contributed by atoms with van der Waals surface area (Å²) in [5.41, 5.74) is 3.41. The molecular weight excluding hydrogens is 681 g/mol. The molecular formula is C36H48BBr2NO4. The van der Waals surface area contributed by atoms with Gasteiger partial charge in [0.25, 0.3) is 0 Å². The van der Waals surface area contributed by atoms with Crippen molar-refractivity contribution in [3.63, 3.8) is 0 Å². The summed E-state index contributed by atoms with van der Waals surface area (Å²) in [6.07, 6.45) is 9.42. The fraction of sp³-hybridized carbons (Fsp3) is 0.500. The summed E-state index contributed by atoms with van der Waals surface area (Å²) in [5.74, 6) is 1.79. The van der Waals surface area contributed by atoms with Crippen molar-refractivity contribution in [3.05, 3.63) is 72.8 Å². The first kappa shape index (κ1) is 34.9. The van der Waals surface area contributed by atoms with Crippen LogP contribution in [0, 0.1) is 0 Å². The third-order valence-corrected chi connectivity index (χ3v) is 9.58. The van der Waals surface area contributed by atoms with E-state index >= 15 is 0 Å². The van der Waals surface area contributed by atoms with E-state index in [-0.39, 0.29) is 11.2 Å². The Morgan fingerprint density at radius 2 is 0.909 bits per heavy atom. The van der Waals surface area contributed by atoms with Crippen molar-refractivity contribution in [3.8, 4) is 11.5 Å². The van der Waals surface area contributed by atoms with Crippen LogP contribution in [0.2, 0.25) is 0 Å². The molecule has 0 bridgehead atoms. The summed E-state index contributed by atoms with van der Waals surface area (Å²) in [6, 6.07) is 25.2. The molecule has 1 aliphatic heterocycles. The average Bonchev–Trinajstić information content (AvgIpc) is 3.24. The fourth-order valence-electron chi connectivity index (χ4n) is 5.07. The van der Waals surface area contributed by atoms with E-state index in [0.29, 0.717) is 0 Å². The number of unbranched alkanes of at least 4 members (excludes halogenated alkanes) is 6. The van der Waals surface area contributed by atoms with Gasteiger partial charge in [0.2, 0.25) is 0 Å². The third kappa shape index (κ3) is 9.75. The van der Waals surface area contributed by atoms with Crippen molar-refractivity contribution in [2.45, 2.75) is 90.3 Å². The monoisotopic (exact) mass is 727 g/mol. The lowest BCUT2D eigenvalue weighted by molar-refractivity contribution is 0.00578. The average molecular weight is 729 g/mol. The van der Waals surface area contributed by atoms with E-state index in [2.05, 4.69) is 137 Å². The van der Waals surface area contributed by atoms with Gasteiger partial charge in [-0.1, -0.05) is 69.7 Å². The molecule has 0 saturated carbocycles. The van der Waals surface area contributed by atoms with Gasteiger partial charge >= 0.3 is 7.12 Å². The van der Waals surface area contributed by atoms with Gasteiger partial charge in [0.05, 0.1) is 24.4 Å². The van der Waals surface area contributed by atoms with Crippen LogP contribution < -0.4 is 19.8 Å². The van der Waals surface area contributed by atoms with Gasteiger partial charge in [-0.25, -0.2) is 0 Å². The lowest BCUT2D eigenvalue weighted by Gasteiger charge is -2.32.